The van der Waals surface area contributed by atoms with Gasteiger partial charge in [0.2, 0.25) is 5.91 Å². The van der Waals surface area contributed by atoms with Gasteiger partial charge in [-0.2, -0.15) is 0 Å². The van der Waals surface area contributed by atoms with Crippen LogP contribution < -0.4 is 11.1 Å². The number of para-hydroxylation sites is 1. The molecule has 0 aliphatic carbocycles. The molecule has 1 aliphatic heterocycles. The van der Waals surface area contributed by atoms with E-state index in [0.29, 0.717) is 12.8 Å². The number of amides is 1. The third-order valence-electron chi connectivity index (χ3n) is 3.15. The van der Waals surface area contributed by atoms with E-state index in [4.69, 9.17) is 5.73 Å². The van der Waals surface area contributed by atoms with E-state index in [2.05, 4.69) is 10.1 Å². The summed E-state index contributed by atoms with van der Waals surface area (Å²) in [5, 5.41) is 2.81. The van der Waals surface area contributed by atoms with Gasteiger partial charge in [0.25, 0.3) is 0 Å². The van der Waals surface area contributed by atoms with Crippen LogP contribution >= 0.6 is 0 Å². The quantitative estimate of drug-likeness (QED) is 0.782. The van der Waals surface area contributed by atoms with Crippen LogP contribution in [-0.4, -0.2) is 25.0 Å². The Morgan fingerprint density at radius 1 is 1.56 bits per heavy atom. The fourth-order valence-corrected chi connectivity index (χ4v) is 2.27. The summed E-state index contributed by atoms with van der Waals surface area (Å²) < 4.78 is 4.60. The Hall–Kier alpha value is -1.88. The van der Waals surface area contributed by atoms with Crippen LogP contribution in [0.15, 0.2) is 24.3 Å². The number of benzene rings is 1. The third kappa shape index (κ3) is 2.51. The largest absolute Gasteiger partial charge is 0.468 e. The van der Waals surface area contributed by atoms with E-state index in [-0.39, 0.29) is 11.8 Å². The van der Waals surface area contributed by atoms with Crippen molar-refractivity contribution < 1.29 is 14.3 Å². The SMILES string of the molecule is COC(=O)C(N)CC1CC(=O)Nc2ccccc21. The Kier molecular flexibility index (Phi) is 3.62. The van der Waals surface area contributed by atoms with Crippen LogP contribution in [0.5, 0.6) is 0 Å². The van der Waals surface area contributed by atoms with E-state index >= 15 is 0 Å². The number of nitrogens with one attached hydrogen (secondary N) is 1. The summed E-state index contributed by atoms with van der Waals surface area (Å²) in [5.41, 5.74) is 7.58. The maximum atomic E-state index is 11.6. The smallest absolute Gasteiger partial charge is 0.322 e. The van der Waals surface area contributed by atoms with Crippen molar-refractivity contribution in [3.05, 3.63) is 29.8 Å². The number of fused-ring (bicyclic) bond motifs is 1. The van der Waals surface area contributed by atoms with Crippen LogP contribution in [0.2, 0.25) is 0 Å². The van der Waals surface area contributed by atoms with Gasteiger partial charge in [-0.25, -0.2) is 0 Å². The minimum absolute atomic E-state index is 0.0379. The fourth-order valence-electron chi connectivity index (χ4n) is 2.27. The Morgan fingerprint density at radius 3 is 3.00 bits per heavy atom. The molecule has 0 saturated carbocycles. The molecule has 1 amide bonds. The van der Waals surface area contributed by atoms with Crippen molar-refractivity contribution in [1.82, 2.24) is 0 Å². The van der Waals surface area contributed by atoms with Crippen LogP contribution in [0.25, 0.3) is 0 Å². The first-order valence-corrected chi connectivity index (χ1v) is 5.84. The molecule has 0 aromatic heterocycles. The van der Waals surface area contributed by atoms with Gasteiger partial charge in [-0.3, -0.25) is 9.59 Å². The van der Waals surface area contributed by atoms with E-state index < -0.39 is 12.0 Å². The molecule has 0 fully saturated rings. The predicted octanol–water partition coefficient (Wildman–Crippen LogP) is 1.00. The first-order chi connectivity index (χ1) is 8.61. The van der Waals surface area contributed by atoms with Gasteiger partial charge in [0.05, 0.1) is 7.11 Å². The summed E-state index contributed by atoms with van der Waals surface area (Å²) in [6, 6.07) is 6.88. The van der Waals surface area contributed by atoms with Crippen molar-refractivity contribution in [2.24, 2.45) is 5.73 Å². The Morgan fingerprint density at radius 2 is 2.28 bits per heavy atom. The van der Waals surface area contributed by atoms with Crippen LogP contribution in [-0.2, 0) is 14.3 Å². The molecule has 5 nitrogen and oxygen atoms in total. The topological polar surface area (TPSA) is 81.4 Å². The molecule has 2 atom stereocenters. The zero-order valence-electron chi connectivity index (χ0n) is 10.2. The van der Waals surface area contributed by atoms with Crippen molar-refractivity contribution in [1.29, 1.82) is 0 Å². The zero-order chi connectivity index (χ0) is 13.1. The fraction of sp³-hybridized carbons (Fsp3) is 0.385. The highest BCUT2D eigenvalue weighted by molar-refractivity contribution is 5.94. The molecule has 96 valence electrons. The lowest BCUT2D eigenvalue weighted by molar-refractivity contribution is -0.142. The van der Waals surface area contributed by atoms with Crippen LogP contribution in [0.1, 0.15) is 24.3 Å². The third-order valence-corrected chi connectivity index (χ3v) is 3.15. The van der Waals surface area contributed by atoms with Gasteiger partial charge in [-0.15, -0.1) is 0 Å². The van der Waals surface area contributed by atoms with Crippen molar-refractivity contribution in [2.45, 2.75) is 24.8 Å². The lowest BCUT2D eigenvalue weighted by atomic mass is 9.86. The van der Waals surface area contributed by atoms with Gasteiger partial charge in [0.1, 0.15) is 6.04 Å². The number of anilines is 1. The number of methoxy groups -OCH3 is 1. The van der Waals surface area contributed by atoms with Crippen molar-refractivity contribution in [2.75, 3.05) is 12.4 Å². The number of carbonyl (C=O) groups excluding carboxylic acids is 2. The number of esters is 1. The van der Waals surface area contributed by atoms with E-state index in [0.717, 1.165) is 11.3 Å². The summed E-state index contributed by atoms with van der Waals surface area (Å²) in [6.45, 7) is 0. The van der Waals surface area contributed by atoms with E-state index in [1.54, 1.807) is 0 Å². The molecule has 3 N–H and O–H groups in total. The molecular weight excluding hydrogens is 232 g/mol. The molecule has 0 bridgehead atoms. The van der Waals surface area contributed by atoms with Gasteiger partial charge in [0.15, 0.2) is 0 Å². The molecule has 18 heavy (non-hydrogen) atoms. The minimum atomic E-state index is -0.695. The van der Waals surface area contributed by atoms with Gasteiger partial charge in [-0.1, -0.05) is 18.2 Å². The lowest BCUT2D eigenvalue weighted by Gasteiger charge is -2.26. The molecule has 1 heterocycles. The van der Waals surface area contributed by atoms with Gasteiger partial charge < -0.3 is 15.8 Å². The molecule has 1 aromatic carbocycles. The summed E-state index contributed by atoms with van der Waals surface area (Å²) in [4.78, 5) is 22.9. The van der Waals surface area contributed by atoms with Gasteiger partial charge in [-0.05, 0) is 24.0 Å². The Bertz CT molecular complexity index is 473. The van der Waals surface area contributed by atoms with Crippen molar-refractivity contribution >= 4 is 17.6 Å². The number of hydrogen-bond acceptors (Lipinski definition) is 4. The lowest BCUT2D eigenvalue weighted by Crippen LogP contribution is -2.35. The second-order valence-corrected chi connectivity index (χ2v) is 4.40. The van der Waals surface area contributed by atoms with Crippen LogP contribution in [0.4, 0.5) is 5.69 Å². The summed E-state index contributed by atoms with van der Waals surface area (Å²) in [6.07, 6.45) is 0.763. The summed E-state index contributed by atoms with van der Waals surface area (Å²) in [7, 11) is 1.31. The van der Waals surface area contributed by atoms with Gasteiger partial charge >= 0.3 is 5.97 Å². The Balaban J connectivity index is 2.19. The molecule has 1 aliphatic rings. The number of hydrogen-bond donors (Lipinski definition) is 2. The molecule has 1 aromatic rings. The molecule has 5 heteroatoms. The number of rotatable bonds is 3. The molecule has 0 spiro atoms. The maximum absolute atomic E-state index is 11.6. The van der Waals surface area contributed by atoms with E-state index in [1.165, 1.54) is 7.11 Å². The van der Waals surface area contributed by atoms with E-state index in [1.807, 2.05) is 24.3 Å². The van der Waals surface area contributed by atoms with Crippen LogP contribution in [0.3, 0.4) is 0 Å². The van der Waals surface area contributed by atoms with Gasteiger partial charge in [0, 0.05) is 12.1 Å². The zero-order valence-corrected chi connectivity index (χ0v) is 10.2. The molecule has 2 rings (SSSR count). The average Bonchev–Trinajstić information content (AvgIpc) is 2.37. The minimum Gasteiger partial charge on any atom is -0.468 e. The number of ether oxygens (including phenoxy) is 1. The predicted molar refractivity (Wildman–Crippen MR) is 67.0 cm³/mol. The second-order valence-electron chi connectivity index (χ2n) is 4.40. The first-order valence-electron chi connectivity index (χ1n) is 5.84. The summed E-state index contributed by atoms with van der Waals surface area (Å²) >= 11 is 0. The Labute approximate surface area is 105 Å². The van der Waals surface area contributed by atoms with Crippen molar-refractivity contribution in [3.63, 3.8) is 0 Å². The normalized spacial score (nSPS) is 19.7. The van der Waals surface area contributed by atoms with Crippen LogP contribution in [0, 0.1) is 0 Å². The molecule has 0 radical (unpaired) electrons. The summed E-state index contributed by atoms with van der Waals surface area (Å²) in [5.74, 6) is -0.529. The highest BCUT2D eigenvalue weighted by Gasteiger charge is 2.28. The molecule has 0 saturated heterocycles. The second kappa shape index (κ2) is 5.18. The highest BCUT2D eigenvalue weighted by Crippen LogP contribution is 2.34. The monoisotopic (exact) mass is 248 g/mol. The molecule has 2 unspecified atom stereocenters. The molecular formula is C13H16N2O3. The standard InChI is InChI=1S/C13H16N2O3/c1-18-13(17)10(14)6-8-7-12(16)15-11-5-3-2-4-9(8)11/h2-5,8,10H,6-7,14H2,1H3,(H,15,16). The highest BCUT2D eigenvalue weighted by atomic mass is 16.5. The first kappa shape index (κ1) is 12.6. The van der Waals surface area contributed by atoms with E-state index in [9.17, 15) is 9.59 Å². The number of nitrogens with two attached hydrogens (primary N) is 1. The average molecular weight is 248 g/mol. The maximum Gasteiger partial charge on any atom is 0.322 e. The number of carbonyl (C=O) groups is 2. The van der Waals surface area contributed by atoms with Crippen molar-refractivity contribution in [3.8, 4) is 0 Å².